The van der Waals surface area contributed by atoms with Crippen LogP contribution < -0.4 is 5.32 Å². The lowest BCUT2D eigenvalue weighted by Crippen LogP contribution is -2.53. The van der Waals surface area contributed by atoms with Crippen molar-refractivity contribution in [3.8, 4) is 6.07 Å². The molecule has 0 aromatic heterocycles. The van der Waals surface area contributed by atoms with E-state index in [1.54, 1.807) is 0 Å². The van der Waals surface area contributed by atoms with Crippen LogP contribution in [0.4, 0.5) is 0 Å². The highest BCUT2D eigenvalue weighted by Gasteiger charge is 2.41. The van der Waals surface area contributed by atoms with Gasteiger partial charge in [0.05, 0.1) is 6.07 Å². The molecule has 2 aliphatic carbocycles. The normalized spacial score (nSPS) is 36.9. The first-order chi connectivity index (χ1) is 9.81. The molecule has 2 atom stereocenters. The van der Waals surface area contributed by atoms with E-state index in [1.807, 2.05) is 0 Å². The standard InChI is InChI=1S/C17H29N3/c18-14-17(19-15-8-9-15)10-6-7-16(13-17)20-11-4-2-1-3-5-12-20/h15-16,19H,1-13H2. The monoisotopic (exact) mass is 275 g/mol. The maximum Gasteiger partial charge on any atom is 0.108 e. The van der Waals surface area contributed by atoms with Crippen molar-refractivity contribution in [3.63, 3.8) is 0 Å². The molecule has 1 heterocycles. The van der Waals surface area contributed by atoms with Gasteiger partial charge in [-0.3, -0.25) is 5.32 Å². The van der Waals surface area contributed by atoms with Gasteiger partial charge in [-0.05, 0) is 64.5 Å². The first kappa shape index (κ1) is 14.4. The Labute approximate surface area is 123 Å². The Balaban J connectivity index is 1.61. The van der Waals surface area contributed by atoms with Crippen molar-refractivity contribution in [2.45, 2.75) is 88.3 Å². The molecule has 1 N–H and O–H groups in total. The van der Waals surface area contributed by atoms with E-state index in [9.17, 15) is 5.26 Å². The lowest BCUT2D eigenvalue weighted by molar-refractivity contribution is 0.110. The Morgan fingerprint density at radius 1 is 0.950 bits per heavy atom. The highest BCUT2D eigenvalue weighted by Crippen LogP contribution is 2.35. The van der Waals surface area contributed by atoms with Crippen molar-refractivity contribution in [2.75, 3.05) is 13.1 Å². The maximum absolute atomic E-state index is 9.70. The van der Waals surface area contributed by atoms with Crippen molar-refractivity contribution in [1.29, 1.82) is 5.26 Å². The highest BCUT2D eigenvalue weighted by atomic mass is 15.2. The summed E-state index contributed by atoms with van der Waals surface area (Å²) >= 11 is 0. The van der Waals surface area contributed by atoms with Crippen LogP contribution in [0.3, 0.4) is 0 Å². The molecule has 0 spiro atoms. The predicted molar refractivity (Wildman–Crippen MR) is 81.4 cm³/mol. The molecule has 3 aliphatic rings. The van der Waals surface area contributed by atoms with Crippen LogP contribution in [0.25, 0.3) is 0 Å². The van der Waals surface area contributed by atoms with E-state index in [0.717, 1.165) is 12.8 Å². The largest absolute Gasteiger partial charge is 0.300 e. The minimum absolute atomic E-state index is 0.216. The summed E-state index contributed by atoms with van der Waals surface area (Å²) in [6.07, 6.45) is 14.1. The molecule has 0 aromatic rings. The fourth-order valence-electron chi connectivity index (χ4n) is 4.08. The average Bonchev–Trinajstić information content (AvgIpc) is 3.22. The zero-order valence-corrected chi connectivity index (χ0v) is 12.7. The van der Waals surface area contributed by atoms with Gasteiger partial charge in [0, 0.05) is 12.1 Å². The summed E-state index contributed by atoms with van der Waals surface area (Å²) in [7, 11) is 0. The Hall–Kier alpha value is -0.590. The molecule has 1 saturated heterocycles. The van der Waals surface area contributed by atoms with Crippen molar-refractivity contribution in [2.24, 2.45) is 0 Å². The van der Waals surface area contributed by atoms with Crippen molar-refractivity contribution in [3.05, 3.63) is 0 Å². The second-order valence-corrected chi connectivity index (χ2v) is 7.17. The van der Waals surface area contributed by atoms with E-state index < -0.39 is 0 Å². The third-order valence-corrected chi connectivity index (χ3v) is 5.40. The van der Waals surface area contributed by atoms with Crippen LogP contribution in [0.2, 0.25) is 0 Å². The molecule has 0 radical (unpaired) electrons. The van der Waals surface area contributed by atoms with Gasteiger partial charge < -0.3 is 4.90 Å². The summed E-state index contributed by atoms with van der Waals surface area (Å²) in [6.45, 7) is 2.52. The Morgan fingerprint density at radius 2 is 1.65 bits per heavy atom. The van der Waals surface area contributed by atoms with Gasteiger partial charge in [-0.25, -0.2) is 0 Å². The topological polar surface area (TPSA) is 39.1 Å². The van der Waals surface area contributed by atoms with Gasteiger partial charge in [0.2, 0.25) is 0 Å². The molecule has 3 heteroatoms. The minimum Gasteiger partial charge on any atom is -0.300 e. The predicted octanol–water partition coefficient (Wildman–Crippen LogP) is 3.21. The number of rotatable bonds is 3. The molecule has 2 saturated carbocycles. The quantitative estimate of drug-likeness (QED) is 0.859. The van der Waals surface area contributed by atoms with E-state index in [1.165, 1.54) is 70.9 Å². The molecule has 0 amide bonds. The Kier molecular flexibility index (Phi) is 4.63. The van der Waals surface area contributed by atoms with Gasteiger partial charge in [-0.1, -0.05) is 19.3 Å². The SMILES string of the molecule is N#CC1(NC2CC2)CCCC(N2CCCCCCC2)C1. The Bertz CT molecular complexity index is 350. The molecule has 3 nitrogen and oxygen atoms in total. The molecule has 2 unspecified atom stereocenters. The van der Waals surface area contributed by atoms with Crippen LogP contribution in [-0.2, 0) is 0 Å². The zero-order valence-electron chi connectivity index (χ0n) is 12.7. The Morgan fingerprint density at radius 3 is 2.30 bits per heavy atom. The summed E-state index contributed by atoms with van der Waals surface area (Å²) in [5, 5.41) is 13.4. The second-order valence-electron chi connectivity index (χ2n) is 7.17. The molecule has 20 heavy (non-hydrogen) atoms. The molecule has 0 aromatic carbocycles. The van der Waals surface area contributed by atoms with E-state index in [0.29, 0.717) is 12.1 Å². The van der Waals surface area contributed by atoms with Crippen LogP contribution in [0.5, 0.6) is 0 Å². The average molecular weight is 275 g/mol. The highest BCUT2D eigenvalue weighted by molar-refractivity contribution is 5.13. The van der Waals surface area contributed by atoms with E-state index in [-0.39, 0.29) is 5.54 Å². The molecule has 1 aliphatic heterocycles. The van der Waals surface area contributed by atoms with Gasteiger partial charge in [0.1, 0.15) is 5.54 Å². The van der Waals surface area contributed by atoms with E-state index in [2.05, 4.69) is 16.3 Å². The second kappa shape index (κ2) is 6.45. The summed E-state index contributed by atoms with van der Waals surface area (Å²) in [5.41, 5.74) is -0.216. The van der Waals surface area contributed by atoms with E-state index in [4.69, 9.17) is 0 Å². The van der Waals surface area contributed by atoms with E-state index >= 15 is 0 Å². The summed E-state index contributed by atoms with van der Waals surface area (Å²) in [6, 6.07) is 3.93. The van der Waals surface area contributed by atoms with Gasteiger partial charge in [-0.2, -0.15) is 5.26 Å². The minimum atomic E-state index is -0.216. The fourth-order valence-corrected chi connectivity index (χ4v) is 4.08. The number of nitriles is 1. The van der Waals surface area contributed by atoms with Crippen molar-refractivity contribution < 1.29 is 0 Å². The lowest BCUT2D eigenvalue weighted by Gasteiger charge is -2.42. The maximum atomic E-state index is 9.70. The van der Waals surface area contributed by atoms with Gasteiger partial charge in [-0.15, -0.1) is 0 Å². The van der Waals surface area contributed by atoms with Gasteiger partial charge in [0.15, 0.2) is 0 Å². The smallest absolute Gasteiger partial charge is 0.108 e. The van der Waals surface area contributed by atoms with Crippen molar-refractivity contribution >= 4 is 0 Å². The number of hydrogen-bond donors (Lipinski definition) is 1. The van der Waals surface area contributed by atoms with Crippen LogP contribution in [0.15, 0.2) is 0 Å². The number of nitrogens with zero attached hydrogens (tertiary/aromatic N) is 2. The van der Waals surface area contributed by atoms with Crippen LogP contribution in [0, 0.1) is 11.3 Å². The zero-order chi connectivity index (χ0) is 13.8. The molecule has 3 rings (SSSR count). The number of nitrogens with one attached hydrogen (secondary N) is 1. The molecule has 112 valence electrons. The van der Waals surface area contributed by atoms with Gasteiger partial charge in [0.25, 0.3) is 0 Å². The first-order valence-electron chi connectivity index (χ1n) is 8.74. The molecule has 0 bridgehead atoms. The third kappa shape index (κ3) is 3.54. The molecular weight excluding hydrogens is 246 g/mol. The van der Waals surface area contributed by atoms with Crippen LogP contribution in [0.1, 0.15) is 70.6 Å². The van der Waals surface area contributed by atoms with Crippen LogP contribution >= 0.6 is 0 Å². The summed E-state index contributed by atoms with van der Waals surface area (Å²) in [5.74, 6) is 0. The third-order valence-electron chi connectivity index (χ3n) is 5.40. The van der Waals surface area contributed by atoms with Crippen LogP contribution in [-0.4, -0.2) is 35.6 Å². The summed E-state index contributed by atoms with van der Waals surface area (Å²) < 4.78 is 0. The van der Waals surface area contributed by atoms with Crippen molar-refractivity contribution in [1.82, 2.24) is 10.2 Å². The lowest BCUT2D eigenvalue weighted by atomic mass is 9.79. The number of likely N-dealkylation sites (tertiary alicyclic amines) is 1. The molecular formula is C17H29N3. The number of hydrogen-bond acceptors (Lipinski definition) is 3. The van der Waals surface area contributed by atoms with Gasteiger partial charge >= 0.3 is 0 Å². The molecule has 3 fully saturated rings. The first-order valence-corrected chi connectivity index (χ1v) is 8.74. The summed E-state index contributed by atoms with van der Waals surface area (Å²) in [4.78, 5) is 2.71. The fraction of sp³-hybridized carbons (Fsp3) is 0.941.